The van der Waals surface area contributed by atoms with Crippen molar-refractivity contribution < 1.29 is 0 Å². The quantitative estimate of drug-likeness (QED) is 0.550. The highest BCUT2D eigenvalue weighted by Crippen LogP contribution is 2.22. The van der Waals surface area contributed by atoms with Gasteiger partial charge in [0.2, 0.25) is 0 Å². The van der Waals surface area contributed by atoms with E-state index in [0.717, 1.165) is 22.2 Å². The Bertz CT molecular complexity index is 709. The van der Waals surface area contributed by atoms with Gasteiger partial charge >= 0.3 is 5.69 Å². The lowest BCUT2D eigenvalue weighted by Crippen LogP contribution is -2.16. The maximum absolute atomic E-state index is 11.2. The van der Waals surface area contributed by atoms with Crippen LogP contribution >= 0.6 is 0 Å². The Kier molecular flexibility index (Phi) is 2.49. The molecule has 0 saturated carbocycles. The van der Waals surface area contributed by atoms with Gasteiger partial charge in [-0.3, -0.25) is 5.10 Å². The van der Waals surface area contributed by atoms with Gasteiger partial charge in [-0.05, 0) is 24.7 Å². The van der Waals surface area contributed by atoms with E-state index in [1.807, 2.05) is 31.4 Å². The van der Waals surface area contributed by atoms with Gasteiger partial charge in [0.05, 0.1) is 23.3 Å². The third-order valence-corrected chi connectivity index (χ3v) is 3.01. The molecule has 4 N–H and O–H groups in total. The zero-order valence-corrected chi connectivity index (χ0v) is 9.82. The monoisotopic (exact) mass is 243 g/mol. The minimum absolute atomic E-state index is 0.0477. The highest BCUT2D eigenvalue weighted by molar-refractivity contribution is 5.75. The highest BCUT2D eigenvalue weighted by Gasteiger charge is 2.13. The standard InChI is InChI=1S/C12H13N5O/c1-13-11(8-5-14-15-6-8)7-2-3-9-10(4-7)17-12(18)16-9/h2-6,11,13H,1H3,(H,14,15)(H2,16,17,18). The van der Waals surface area contributed by atoms with E-state index in [9.17, 15) is 4.79 Å². The molecule has 1 aromatic carbocycles. The fraction of sp³-hybridized carbons (Fsp3) is 0.167. The number of rotatable bonds is 3. The van der Waals surface area contributed by atoms with Crippen LogP contribution < -0.4 is 11.0 Å². The zero-order valence-electron chi connectivity index (χ0n) is 9.82. The molecule has 0 radical (unpaired) electrons. The number of hydrogen-bond donors (Lipinski definition) is 4. The van der Waals surface area contributed by atoms with Crippen molar-refractivity contribution in [2.45, 2.75) is 6.04 Å². The first-order chi connectivity index (χ1) is 8.78. The van der Waals surface area contributed by atoms with E-state index in [2.05, 4.69) is 25.5 Å². The molecular formula is C12H13N5O. The zero-order chi connectivity index (χ0) is 12.5. The van der Waals surface area contributed by atoms with Crippen molar-refractivity contribution in [2.24, 2.45) is 0 Å². The van der Waals surface area contributed by atoms with Crippen LogP contribution in [0.2, 0.25) is 0 Å². The molecule has 6 heteroatoms. The largest absolute Gasteiger partial charge is 0.323 e. The molecule has 1 atom stereocenters. The lowest BCUT2D eigenvalue weighted by molar-refractivity contribution is 0.693. The van der Waals surface area contributed by atoms with Crippen LogP contribution in [0.1, 0.15) is 17.2 Å². The second-order valence-electron chi connectivity index (χ2n) is 4.14. The molecular weight excluding hydrogens is 230 g/mol. The Hall–Kier alpha value is -2.34. The molecule has 18 heavy (non-hydrogen) atoms. The summed E-state index contributed by atoms with van der Waals surface area (Å²) in [6, 6.07) is 5.89. The molecule has 6 nitrogen and oxygen atoms in total. The van der Waals surface area contributed by atoms with Gasteiger partial charge in [0.1, 0.15) is 0 Å². The van der Waals surface area contributed by atoms with Gasteiger partial charge < -0.3 is 15.3 Å². The van der Waals surface area contributed by atoms with Crippen molar-refractivity contribution in [3.63, 3.8) is 0 Å². The van der Waals surface area contributed by atoms with Gasteiger partial charge in [0.25, 0.3) is 0 Å². The number of nitrogens with one attached hydrogen (secondary N) is 4. The number of aromatic nitrogens is 4. The number of fused-ring (bicyclic) bond motifs is 1. The lowest BCUT2D eigenvalue weighted by atomic mass is 10.0. The summed E-state index contributed by atoms with van der Waals surface area (Å²) in [7, 11) is 1.89. The van der Waals surface area contributed by atoms with Crippen LogP contribution in [0.4, 0.5) is 0 Å². The van der Waals surface area contributed by atoms with Crippen molar-refractivity contribution in [3.05, 3.63) is 52.2 Å². The van der Waals surface area contributed by atoms with Crippen molar-refractivity contribution in [3.8, 4) is 0 Å². The van der Waals surface area contributed by atoms with Crippen LogP contribution in [0.5, 0.6) is 0 Å². The van der Waals surface area contributed by atoms with E-state index in [1.54, 1.807) is 6.20 Å². The molecule has 2 aromatic heterocycles. The van der Waals surface area contributed by atoms with Crippen LogP contribution in [0.3, 0.4) is 0 Å². The van der Waals surface area contributed by atoms with Crippen LogP contribution in [-0.4, -0.2) is 27.2 Å². The molecule has 0 fully saturated rings. The Balaban J connectivity index is 2.09. The van der Waals surface area contributed by atoms with Crippen LogP contribution in [0.25, 0.3) is 11.0 Å². The van der Waals surface area contributed by atoms with E-state index >= 15 is 0 Å². The van der Waals surface area contributed by atoms with Crippen LogP contribution in [0, 0.1) is 0 Å². The molecule has 0 aliphatic carbocycles. The van der Waals surface area contributed by atoms with Gasteiger partial charge in [-0.25, -0.2) is 4.79 Å². The third kappa shape index (κ3) is 1.72. The highest BCUT2D eigenvalue weighted by atomic mass is 16.1. The maximum atomic E-state index is 11.2. The summed E-state index contributed by atoms with van der Waals surface area (Å²) < 4.78 is 0. The van der Waals surface area contributed by atoms with Gasteiger partial charge in [-0.1, -0.05) is 6.07 Å². The average Bonchev–Trinajstić information content (AvgIpc) is 2.97. The Labute approximate surface area is 102 Å². The first-order valence-corrected chi connectivity index (χ1v) is 5.66. The van der Waals surface area contributed by atoms with Crippen molar-refractivity contribution in [1.29, 1.82) is 0 Å². The molecule has 2 heterocycles. The fourth-order valence-corrected chi connectivity index (χ4v) is 2.17. The summed E-state index contributed by atoms with van der Waals surface area (Å²) in [6.07, 6.45) is 3.64. The van der Waals surface area contributed by atoms with Crippen molar-refractivity contribution >= 4 is 11.0 Å². The molecule has 0 amide bonds. The lowest BCUT2D eigenvalue weighted by Gasteiger charge is -2.14. The number of hydrogen-bond acceptors (Lipinski definition) is 3. The maximum Gasteiger partial charge on any atom is 0.323 e. The topological polar surface area (TPSA) is 89.4 Å². The van der Waals surface area contributed by atoms with Crippen LogP contribution in [0.15, 0.2) is 35.4 Å². The van der Waals surface area contributed by atoms with Crippen LogP contribution in [-0.2, 0) is 0 Å². The first-order valence-electron chi connectivity index (χ1n) is 5.66. The molecule has 3 rings (SSSR count). The summed E-state index contributed by atoms with van der Waals surface area (Å²) in [5.41, 5.74) is 3.55. The first kappa shape index (κ1) is 10.8. The molecule has 0 aliphatic rings. The van der Waals surface area contributed by atoms with Gasteiger partial charge in [-0.15, -0.1) is 0 Å². The van der Waals surface area contributed by atoms with E-state index < -0.39 is 0 Å². The minimum Gasteiger partial charge on any atom is -0.309 e. The molecule has 0 bridgehead atoms. The summed E-state index contributed by atoms with van der Waals surface area (Å²) in [5, 5.41) is 9.99. The second-order valence-corrected chi connectivity index (χ2v) is 4.14. The summed E-state index contributed by atoms with van der Waals surface area (Å²) >= 11 is 0. The van der Waals surface area contributed by atoms with E-state index in [-0.39, 0.29) is 11.7 Å². The third-order valence-electron chi connectivity index (χ3n) is 3.01. The van der Waals surface area contributed by atoms with E-state index in [1.165, 1.54) is 0 Å². The minimum atomic E-state index is -0.188. The molecule has 3 aromatic rings. The molecule has 1 unspecified atom stereocenters. The number of nitrogens with zero attached hydrogens (tertiary/aromatic N) is 1. The summed E-state index contributed by atoms with van der Waals surface area (Å²) in [5.74, 6) is 0. The Morgan fingerprint density at radius 3 is 2.78 bits per heavy atom. The van der Waals surface area contributed by atoms with E-state index in [4.69, 9.17) is 0 Å². The molecule has 0 saturated heterocycles. The molecule has 92 valence electrons. The summed E-state index contributed by atoms with van der Waals surface area (Å²) in [4.78, 5) is 16.7. The number of H-pyrrole nitrogens is 3. The number of imidazole rings is 1. The van der Waals surface area contributed by atoms with Crippen molar-refractivity contribution in [2.75, 3.05) is 7.05 Å². The molecule has 0 aliphatic heterocycles. The number of aromatic amines is 3. The van der Waals surface area contributed by atoms with Gasteiger partial charge in [0, 0.05) is 11.8 Å². The molecule has 0 spiro atoms. The fourth-order valence-electron chi connectivity index (χ4n) is 2.17. The van der Waals surface area contributed by atoms with Gasteiger partial charge in [0.15, 0.2) is 0 Å². The predicted octanol–water partition coefficient (Wildman–Crippen LogP) is 0.888. The van der Waals surface area contributed by atoms with Gasteiger partial charge in [-0.2, -0.15) is 5.10 Å². The Morgan fingerprint density at radius 2 is 2.06 bits per heavy atom. The van der Waals surface area contributed by atoms with Crippen molar-refractivity contribution in [1.82, 2.24) is 25.5 Å². The average molecular weight is 243 g/mol. The Morgan fingerprint density at radius 1 is 1.22 bits per heavy atom. The SMILES string of the molecule is CNC(c1cn[nH]c1)c1ccc2[nH]c(=O)[nH]c2c1. The summed E-state index contributed by atoms with van der Waals surface area (Å²) in [6.45, 7) is 0. The van der Waals surface area contributed by atoms with E-state index in [0.29, 0.717) is 0 Å². The number of benzene rings is 1. The second kappa shape index (κ2) is 4.15. The smallest absolute Gasteiger partial charge is 0.309 e. The normalized spacial score (nSPS) is 12.9. The predicted molar refractivity (Wildman–Crippen MR) is 68.4 cm³/mol.